The lowest BCUT2D eigenvalue weighted by molar-refractivity contribution is -0.495. The molecule has 2 aromatic carbocycles. The molecule has 0 saturated heterocycles. The van der Waals surface area contributed by atoms with E-state index in [9.17, 15) is 0 Å². The van der Waals surface area contributed by atoms with Gasteiger partial charge in [-0.15, -0.1) is 0 Å². The zero-order valence-electron chi connectivity index (χ0n) is 18.4. The lowest BCUT2D eigenvalue weighted by Gasteiger charge is -2.24. The molecule has 0 spiro atoms. The summed E-state index contributed by atoms with van der Waals surface area (Å²) in [5, 5.41) is 0. The molecule has 1 aliphatic heterocycles. The SMILES string of the molecule is C/C=C\C(=C/C)c1ccc(C)c(C2C[N+](Cc3cccc(C)c3)=IC/C2=C/C)c1. The zero-order chi connectivity index (χ0) is 20.8. The summed E-state index contributed by atoms with van der Waals surface area (Å²) < 4.78 is 4.00. The van der Waals surface area contributed by atoms with Gasteiger partial charge in [0.05, 0.1) is 10.3 Å². The van der Waals surface area contributed by atoms with E-state index in [0.717, 1.165) is 13.1 Å². The van der Waals surface area contributed by atoms with E-state index in [1.807, 2.05) is 0 Å². The average Bonchev–Trinajstić information content (AvgIpc) is 2.72. The van der Waals surface area contributed by atoms with Gasteiger partial charge >= 0.3 is 0 Å². The number of rotatable bonds is 5. The molecular formula is C27H33IN+. The molecule has 1 heterocycles. The predicted octanol–water partition coefficient (Wildman–Crippen LogP) is 7.69. The Hall–Kier alpha value is -1.81. The van der Waals surface area contributed by atoms with Gasteiger partial charge in [-0.2, -0.15) is 0 Å². The van der Waals surface area contributed by atoms with E-state index in [-0.39, 0.29) is 21.0 Å². The van der Waals surface area contributed by atoms with E-state index in [2.05, 4.69) is 104 Å². The monoisotopic (exact) mass is 498 g/mol. The highest BCUT2D eigenvalue weighted by atomic mass is 127. The second-order valence-corrected chi connectivity index (χ2v) is 10.6. The summed E-state index contributed by atoms with van der Waals surface area (Å²) in [6.45, 7) is 13.1. The first-order valence-corrected chi connectivity index (χ1v) is 13.0. The van der Waals surface area contributed by atoms with Crippen LogP contribution in [0.5, 0.6) is 0 Å². The number of aryl methyl sites for hydroxylation is 2. The van der Waals surface area contributed by atoms with Crippen LogP contribution in [0.25, 0.3) is 5.57 Å². The maximum atomic E-state index is 2.74. The maximum absolute atomic E-state index is 2.74. The molecule has 0 aromatic heterocycles. The molecule has 0 radical (unpaired) electrons. The molecule has 2 heteroatoms. The molecule has 0 fully saturated rings. The van der Waals surface area contributed by atoms with Gasteiger partial charge in [-0.3, -0.25) is 0 Å². The van der Waals surface area contributed by atoms with Crippen LogP contribution in [0.4, 0.5) is 0 Å². The van der Waals surface area contributed by atoms with E-state index in [1.54, 1.807) is 5.57 Å². The van der Waals surface area contributed by atoms with Crippen LogP contribution < -0.4 is 0 Å². The smallest absolute Gasteiger partial charge is 0.203 e. The fourth-order valence-electron chi connectivity index (χ4n) is 4.04. The van der Waals surface area contributed by atoms with Crippen LogP contribution in [-0.2, 0) is 6.54 Å². The van der Waals surface area contributed by atoms with Gasteiger partial charge < -0.3 is 0 Å². The number of benzene rings is 2. The molecule has 1 aliphatic rings. The summed E-state index contributed by atoms with van der Waals surface area (Å²) in [6, 6.07) is 16.0. The number of hydrogen-bond donors (Lipinski definition) is 0. The highest BCUT2D eigenvalue weighted by Gasteiger charge is 2.28. The minimum absolute atomic E-state index is 0.0500. The van der Waals surface area contributed by atoms with Gasteiger partial charge in [0.15, 0.2) is 13.1 Å². The maximum Gasteiger partial charge on any atom is 0.203 e. The van der Waals surface area contributed by atoms with Crippen LogP contribution in [0, 0.1) is 13.8 Å². The molecular weight excluding hydrogens is 465 g/mol. The molecule has 0 saturated carbocycles. The third-order valence-corrected chi connectivity index (χ3v) is 8.59. The Kier molecular flexibility index (Phi) is 7.77. The van der Waals surface area contributed by atoms with Crippen LogP contribution in [0.3, 0.4) is 0 Å². The molecule has 152 valence electrons. The zero-order valence-corrected chi connectivity index (χ0v) is 20.5. The van der Waals surface area contributed by atoms with Crippen molar-refractivity contribution in [2.75, 3.05) is 11.0 Å². The van der Waals surface area contributed by atoms with E-state index < -0.39 is 0 Å². The molecule has 0 aliphatic carbocycles. The fraction of sp³-hybridized carbons (Fsp3) is 0.333. The summed E-state index contributed by atoms with van der Waals surface area (Å²) in [5.74, 6) is 0.502. The lowest BCUT2D eigenvalue weighted by atomic mass is 9.86. The van der Waals surface area contributed by atoms with Crippen molar-refractivity contribution < 1.29 is 2.73 Å². The molecule has 1 atom stereocenters. The highest BCUT2D eigenvalue weighted by molar-refractivity contribution is 14.1. The van der Waals surface area contributed by atoms with Crippen molar-refractivity contribution >= 4 is 26.6 Å². The Morgan fingerprint density at radius 1 is 1.10 bits per heavy atom. The van der Waals surface area contributed by atoms with Crippen molar-refractivity contribution in [2.45, 2.75) is 47.1 Å². The molecule has 29 heavy (non-hydrogen) atoms. The van der Waals surface area contributed by atoms with Gasteiger partial charge in [0.1, 0.15) is 0 Å². The third kappa shape index (κ3) is 5.42. The number of allylic oxidation sites excluding steroid dienone is 5. The standard InChI is InChI=1S/C27H33IN/c1-6-10-23(7-2)25-14-13-21(5)26(16-25)27-19-29(28-17-24(27)8-3)18-22-12-9-11-20(4)15-22/h6-16,27H,17-19H2,1-5H3/q+1/b10-6-,23-7+,24-8-. The van der Waals surface area contributed by atoms with Gasteiger partial charge in [0.25, 0.3) is 0 Å². The Labute approximate surface area is 187 Å². The average molecular weight is 498 g/mol. The number of hydrogen-bond acceptors (Lipinski definition) is 0. The van der Waals surface area contributed by atoms with Gasteiger partial charge in [-0.1, -0.05) is 66.3 Å². The molecule has 2 aromatic rings. The fourth-order valence-corrected chi connectivity index (χ4v) is 7.19. The van der Waals surface area contributed by atoms with E-state index >= 15 is 0 Å². The first kappa shape index (κ1) is 21.9. The Balaban J connectivity index is 1.93. The molecule has 0 bridgehead atoms. The van der Waals surface area contributed by atoms with Gasteiger partial charge in [0, 0.05) is 5.56 Å². The molecule has 1 unspecified atom stereocenters. The van der Waals surface area contributed by atoms with E-state index in [4.69, 9.17) is 0 Å². The molecule has 1 nitrogen and oxygen atoms in total. The highest BCUT2D eigenvalue weighted by Crippen LogP contribution is 2.36. The first-order valence-electron chi connectivity index (χ1n) is 10.5. The second kappa shape index (κ2) is 10.3. The number of halogens is 1. The largest absolute Gasteiger partial charge is 0.213 e. The van der Waals surface area contributed by atoms with Crippen molar-refractivity contribution in [1.82, 2.24) is 0 Å². The van der Waals surface area contributed by atoms with Crippen molar-refractivity contribution in [2.24, 2.45) is 0 Å². The van der Waals surface area contributed by atoms with Crippen LogP contribution >= 0.6 is 21.0 Å². The lowest BCUT2D eigenvalue weighted by Crippen LogP contribution is -2.23. The Morgan fingerprint density at radius 3 is 2.62 bits per heavy atom. The quantitative estimate of drug-likeness (QED) is 0.172. The second-order valence-electron chi connectivity index (χ2n) is 7.78. The Morgan fingerprint density at radius 2 is 1.93 bits per heavy atom. The summed E-state index contributed by atoms with van der Waals surface area (Å²) in [5.41, 5.74) is 9.97. The minimum atomic E-state index is 0.0500. The summed E-state index contributed by atoms with van der Waals surface area (Å²) in [6.07, 6.45) is 8.92. The van der Waals surface area contributed by atoms with Crippen LogP contribution in [0.15, 0.2) is 72.3 Å². The van der Waals surface area contributed by atoms with Gasteiger partial charge in [-0.25, -0.2) is 2.73 Å². The Bertz CT molecular complexity index is 991. The summed E-state index contributed by atoms with van der Waals surface area (Å²) >= 11 is 0.0500. The first-order chi connectivity index (χ1) is 14.0. The van der Waals surface area contributed by atoms with E-state index in [1.165, 1.54) is 37.8 Å². The number of nitrogens with zero attached hydrogens (tertiary/aromatic N) is 1. The topological polar surface area (TPSA) is 3.01 Å². The van der Waals surface area contributed by atoms with Crippen molar-refractivity contribution in [3.05, 3.63) is 100 Å². The van der Waals surface area contributed by atoms with Crippen LogP contribution in [-0.4, -0.2) is 13.7 Å². The number of alkyl halides is 1. The molecule has 3 rings (SSSR count). The van der Waals surface area contributed by atoms with Crippen molar-refractivity contribution in [3.63, 3.8) is 0 Å². The summed E-state index contributed by atoms with van der Waals surface area (Å²) in [7, 11) is 0. The van der Waals surface area contributed by atoms with E-state index in [0.29, 0.717) is 5.92 Å². The van der Waals surface area contributed by atoms with Crippen molar-refractivity contribution in [3.8, 4) is 0 Å². The van der Waals surface area contributed by atoms with Crippen LogP contribution in [0.2, 0.25) is 0 Å². The summed E-state index contributed by atoms with van der Waals surface area (Å²) in [4.78, 5) is 0. The van der Waals surface area contributed by atoms with Crippen LogP contribution in [0.1, 0.15) is 54.5 Å². The normalized spacial score (nSPS) is 19.3. The minimum Gasteiger partial charge on any atom is -0.213 e. The van der Waals surface area contributed by atoms with Gasteiger partial charge in [-0.05, 0) is 68.5 Å². The van der Waals surface area contributed by atoms with Gasteiger partial charge in [0.2, 0.25) is 21.0 Å². The predicted molar refractivity (Wildman–Crippen MR) is 135 cm³/mol. The third-order valence-electron chi connectivity index (χ3n) is 5.66. The molecule has 0 N–H and O–H groups in total. The molecule has 0 amide bonds. The van der Waals surface area contributed by atoms with Crippen molar-refractivity contribution in [1.29, 1.82) is 0 Å².